The molecule has 1 aromatic heterocycles. The molecule has 0 saturated heterocycles. The lowest BCUT2D eigenvalue weighted by atomic mass is 9.89. The Kier molecular flexibility index (Phi) is 5.35. The zero-order chi connectivity index (χ0) is 22.9. The van der Waals surface area contributed by atoms with Gasteiger partial charge in [0, 0.05) is 17.6 Å². The van der Waals surface area contributed by atoms with E-state index >= 15 is 0 Å². The number of Topliss-reactive ketones (excluding diaryl/α,β-unsaturated/α-hetero) is 1. The van der Waals surface area contributed by atoms with Crippen molar-refractivity contribution in [2.45, 2.75) is 13.3 Å². The molecule has 0 aliphatic carbocycles. The van der Waals surface area contributed by atoms with Crippen LogP contribution in [0, 0.1) is 6.92 Å². The second-order valence-corrected chi connectivity index (χ2v) is 8.21. The van der Waals surface area contributed by atoms with Gasteiger partial charge in [0.15, 0.2) is 17.3 Å². The third-order valence-corrected chi connectivity index (χ3v) is 6.02. The fourth-order valence-electron chi connectivity index (χ4n) is 3.78. The van der Waals surface area contributed by atoms with E-state index in [0.717, 1.165) is 22.9 Å². The number of aromatic nitrogens is 2. The maximum Gasteiger partial charge on any atom is 0.336 e. The zero-order valence-electron chi connectivity index (χ0n) is 17.6. The van der Waals surface area contributed by atoms with Gasteiger partial charge in [-0.1, -0.05) is 42.0 Å². The Labute approximate surface area is 193 Å². The highest BCUT2D eigenvalue weighted by Gasteiger charge is 2.25. The third kappa shape index (κ3) is 4.08. The minimum Gasteiger partial charge on any atom is -0.478 e. The van der Waals surface area contributed by atoms with Crippen molar-refractivity contribution in [2.24, 2.45) is 0 Å². The highest BCUT2D eigenvalue weighted by Crippen LogP contribution is 2.34. The van der Waals surface area contributed by atoms with Gasteiger partial charge in [0.1, 0.15) is 11.0 Å². The van der Waals surface area contributed by atoms with Gasteiger partial charge in [-0.05, 0) is 42.3 Å². The normalized spacial score (nSPS) is 13.1. The van der Waals surface area contributed by atoms with E-state index in [1.807, 2.05) is 25.1 Å². The van der Waals surface area contributed by atoms with E-state index in [9.17, 15) is 14.7 Å². The molecule has 1 N–H and O–H groups in total. The van der Waals surface area contributed by atoms with Gasteiger partial charge in [0.05, 0.1) is 17.3 Å². The number of aliphatic carboxylic acids is 1. The molecule has 4 aromatic rings. The summed E-state index contributed by atoms with van der Waals surface area (Å²) in [6, 6.07) is 17.5. The molecule has 0 unspecified atom stereocenters. The number of ketones is 1. The number of carboxylic acids is 1. The topological polar surface area (TPSA) is 98.6 Å². The molecule has 33 heavy (non-hydrogen) atoms. The number of ether oxygens (including phenoxy) is 2. The van der Waals surface area contributed by atoms with E-state index < -0.39 is 5.97 Å². The molecule has 0 saturated carbocycles. The number of carbonyl (C=O) groups excluding carboxylic acids is 1. The highest BCUT2D eigenvalue weighted by molar-refractivity contribution is 7.00. The van der Waals surface area contributed by atoms with Crippen LogP contribution in [0.2, 0.25) is 0 Å². The molecule has 3 aromatic carbocycles. The lowest BCUT2D eigenvalue weighted by molar-refractivity contribution is -0.130. The first-order valence-corrected chi connectivity index (χ1v) is 10.9. The molecule has 7 nitrogen and oxygen atoms in total. The van der Waals surface area contributed by atoms with Crippen molar-refractivity contribution in [3.63, 3.8) is 0 Å². The SMILES string of the molecule is Cc1ccc(C(=O)/C(Cc2ccc3c(c2)OCO3)=C(/C(=O)O)c2ccc3nsnc3c2)cc1. The first-order valence-electron chi connectivity index (χ1n) is 10.2. The van der Waals surface area contributed by atoms with Crippen LogP contribution in [0.15, 0.2) is 66.2 Å². The molecule has 0 bridgehead atoms. The van der Waals surface area contributed by atoms with Crippen molar-refractivity contribution in [3.8, 4) is 11.5 Å². The lowest BCUT2D eigenvalue weighted by Crippen LogP contribution is -2.14. The Bertz CT molecular complexity index is 1420. The number of aryl methyl sites for hydroxylation is 1. The molecule has 0 spiro atoms. The molecule has 0 amide bonds. The van der Waals surface area contributed by atoms with Crippen molar-refractivity contribution in [3.05, 3.63) is 88.5 Å². The number of hydrogen-bond acceptors (Lipinski definition) is 7. The number of hydrogen-bond donors (Lipinski definition) is 1. The van der Waals surface area contributed by atoms with Gasteiger partial charge in [-0.15, -0.1) is 0 Å². The molecule has 1 aliphatic heterocycles. The fourth-order valence-corrected chi connectivity index (χ4v) is 4.30. The predicted octanol–water partition coefficient (Wildman–Crippen LogP) is 4.69. The number of benzene rings is 3. The number of allylic oxidation sites excluding steroid dienone is 1. The summed E-state index contributed by atoms with van der Waals surface area (Å²) in [5.74, 6) is -0.342. The Morgan fingerprint density at radius 1 is 0.909 bits per heavy atom. The van der Waals surface area contributed by atoms with Gasteiger partial charge < -0.3 is 14.6 Å². The minimum atomic E-state index is -1.19. The standard InChI is InChI=1S/C25H18N2O5S/c1-14-2-5-16(6-3-14)24(28)18(10-15-4-9-21-22(11-15)32-13-31-21)23(25(29)30)17-7-8-19-20(12-17)27-33-26-19/h2-9,11-12H,10,13H2,1H3,(H,29,30)/b23-18+. The first kappa shape index (κ1) is 20.8. The van der Waals surface area contributed by atoms with Crippen LogP contribution in [0.1, 0.15) is 27.0 Å². The van der Waals surface area contributed by atoms with Crippen LogP contribution in [-0.4, -0.2) is 32.4 Å². The van der Waals surface area contributed by atoms with Gasteiger partial charge in [0.25, 0.3) is 0 Å². The Balaban J connectivity index is 1.67. The Morgan fingerprint density at radius 3 is 2.42 bits per heavy atom. The van der Waals surface area contributed by atoms with Gasteiger partial charge in [-0.3, -0.25) is 4.79 Å². The Morgan fingerprint density at radius 2 is 1.64 bits per heavy atom. The van der Waals surface area contributed by atoms with E-state index in [-0.39, 0.29) is 30.1 Å². The van der Waals surface area contributed by atoms with Crippen LogP contribution in [0.4, 0.5) is 0 Å². The second-order valence-electron chi connectivity index (χ2n) is 7.69. The number of fused-ring (bicyclic) bond motifs is 2. The molecule has 164 valence electrons. The van der Waals surface area contributed by atoms with Crippen molar-refractivity contribution in [1.82, 2.24) is 8.75 Å². The van der Waals surface area contributed by atoms with Crippen LogP contribution in [0.5, 0.6) is 11.5 Å². The molecule has 0 fully saturated rings. The summed E-state index contributed by atoms with van der Waals surface area (Å²) in [4.78, 5) is 26.1. The van der Waals surface area contributed by atoms with E-state index in [2.05, 4.69) is 8.75 Å². The summed E-state index contributed by atoms with van der Waals surface area (Å²) in [5, 5.41) is 10.2. The van der Waals surface area contributed by atoms with Crippen LogP contribution >= 0.6 is 11.7 Å². The maximum absolute atomic E-state index is 13.6. The molecule has 1 aliphatic rings. The average molecular weight is 458 g/mol. The summed E-state index contributed by atoms with van der Waals surface area (Å²) < 4.78 is 19.2. The summed E-state index contributed by atoms with van der Waals surface area (Å²) in [7, 11) is 0. The van der Waals surface area contributed by atoms with Crippen LogP contribution < -0.4 is 9.47 Å². The van der Waals surface area contributed by atoms with E-state index in [1.54, 1.807) is 42.5 Å². The summed E-state index contributed by atoms with van der Waals surface area (Å²) in [6.45, 7) is 2.06. The maximum atomic E-state index is 13.6. The van der Waals surface area contributed by atoms with Crippen LogP contribution in [0.25, 0.3) is 16.6 Å². The van der Waals surface area contributed by atoms with Gasteiger partial charge in [0.2, 0.25) is 6.79 Å². The third-order valence-electron chi connectivity index (χ3n) is 5.46. The summed E-state index contributed by atoms with van der Waals surface area (Å²) in [5.41, 5.74) is 3.95. The smallest absolute Gasteiger partial charge is 0.336 e. The molecule has 2 heterocycles. The zero-order valence-corrected chi connectivity index (χ0v) is 18.4. The summed E-state index contributed by atoms with van der Waals surface area (Å²) >= 11 is 1.05. The van der Waals surface area contributed by atoms with Crippen molar-refractivity contribution in [1.29, 1.82) is 0 Å². The lowest BCUT2D eigenvalue weighted by Gasteiger charge is -2.14. The van der Waals surface area contributed by atoms with Crippen molar-refractivity contribution < 1.29 is 24.2 Å². The second kappa shape index (κ2) is 8.48. The largest absolute Gasteiger partial charge is 0.478 e. The van der Waals surface area contributed by atoms with Crippen molar-refractivity contribution >= 4 is 40.1 Å². The molecule has 8 heteroatoms. The summed E-state index contributed by atoms with van der Waals surface area (Å²) in [6.07, 6.45) is 0.109. The minimum absolute atomic E-state index is 0.0619. The highest BCUT2D eigenvalue weighted by atomic mass is 32.1. The average Bonchev–Trinajstić information content (AvgIpc) is 3.47. The van der Waals surface area contributed by atoms with Crippen LogP contribution in [0.3, 0.4) is 0 Å². The quantitative estimate of drug-likeness (QED) is 0.330. The van der Waals surface area contributed by atoms with E-state index in [4.69, 9.17) is 9.47 Å². The molecular formula is C25H18N2O5S. The molecule has 0 atom stereocenters. The number of rotatable bonds is 6. The fraction of sp³-hybridized carbons (Fsp3) is 0.120. The number of carbonyl (C=O) groups is 2. The Hall–Kier alpha value is -4.04. The van der Waals surface area contributed by atoms with Gasteiger partial charge in [-0.25, -0.2) is 4.79 Å². The van der Waals surface area contributed by atoms with Gasteiger partial charge >= 0.3 is 5.97 Å². The van der Waals surface area contributed by atoms with Gasteiger partial charge in [-0.2, -0.15) is 8.75 Å². The molecular weight excluding hydrogens is 440 g/mol. The molecule has 0 radical (unpaired) electrons. The predicted molar refractivity (Wildman–Crippen MR) is 124 cm³/mol. The molecule has 5 rings (SSSR count). The van der Waals surface area contributed by atoms with E-state index in [0.29, 0.717) is 33.7 Å². The van der Waals surface area contributed by atoms with Crippen LogP contribution in [-0.2, 0) is 11.2 Å². The number of nitrogens with zero attached hydrogens (tertiary/aromatic N) is 2. The van der Waals surface area contributed by atoms with Crippen molar-refractivity contribution in [2.75, 3.05) is 6.79 Å². The number of carboxylic acid groups (broad SMARTS) is 1. The monoisotopic (exact) mass is 458 g/mol. The van der Waals surface area contributed by atoms with E-state index in [1.165, 1.54) is 0 Å². The first-order chi connectivity index (χ1) is 16.0.